The van der Waals surface area contributed by atoms with Gasteiger partial charge >= 0.3 is 12.2 Å². The van der Waals surface area contributed by atoms with Crippen LogP contribution in [0.4, 0.5) is 38.2 Å². The summed E-state index contributed by atoms with van der Waals surface area (Å²) in [4.78, 5) is 97.0. The Balaban J connectivity index is 0.000000184. The number of furan rings is 2. The third-order valence-corrected chi connectivity index (χ3v) is 17.8. The van der Waals surface area contributed by atoms with Crippen LogP contribution in [0.5, 0.6) is 34.8 Å². The number of hydrogen-bond donors (Lipinski definition) is 6. The largest absolute Gasteiger partial charge is 0.486 e. The molecule has 0 radical (unpaired) electrons. The van der Waals surface area contributed by atoms with Gasteiger partial charge in [0.25, 0.3) is 11.8 Å². The third kappa shape index (κ3) is 21.3. The maximum Gasteiger partial charge on any atom is 0.410 e. The number of pyridine rings is 2. The van der Waals surface area contributed by atoms with Gasteiger partial charge in [-0.3, -0.25) is 38.8 Å². The highest BCUT2D eigenvalue weighted by molar-refractivity contribution is 9.10. The second-order valence-electron chi connectivity index (χ2n) is 27.7. The van der Waals surface area contributed by atoms with E-state index in [1.54, 1.807) is 90.1 Å². The van der Waals surface area contributed by atoms with Crippen molar-refractivity contribution in [3.8, 4) is 34.8 Å². The summed E-state index contributed by atoms with van der Waals surface area (Å²) in [7, 11) is 7.18. The van der Waals surface area contributed by atoms with Gasteiger partial charge in [-0.05, 0) is 170 Å². The molecule has 103 heavy (non-hydrogen) atoms. The SMILES string of the molecule is CN1CCN(Cc2ccc(C(=O)NCC3COc4cccc(N)c4O3)o2)CC1.COc1nc(Br)ccc1NC(=O)[C@H]1CCCN1C(=O)OC(C)(C)C.COc1nc(Nc2cccc3c2OC(CNC(=O)c2ccc(CN4CCN(C)CC4)o2)CO3)ccc1NC(=O)[C@H]1CCCN1C(=O)OC(C)(C)C. The van der Waals surface area contributed by atoms with Crippen molar-refractivity contribution < 1.29 is 75.5 Å². The summed E-state index contributed by atoms with van der Waals surface area (Å²) in [6, 6.07) is 23.5. The second kappa shape index (κ2) is 34.6. The minimum atomic E-state index is -0.670. The number of para-hydroxylation sites is 2. The predicted molar refractivity (Wildman–Crippen MR) is 386 cm³/mol. The lowest BCUT2D eigenvalue weighted by molar-refractivity contribution is -0.121. The molecule has 31 heteroatoms. The molecule has 4 saturated heterocycles. The zero-order chi connectivity index (χ0) is 73.5. The van der Waals surface area contributed by atoms with E-state index in [4.69, 9.17) is 52.5 Å². The van der Waals surface area contributed by atoms with E-state index in [-0.39, 0.29) is 54.5 Å². The summed E-state index contributed by atoms with van der Waals surface area (Å²) >= 11 is 3.25. The van der Waals surface area contributed by atoms with Gasteiger partial charge in [0.1, 0.15) is 69.8 Å². The number of fused-ring (bicyclic) bond motifs is 2. The zero-order valence-corrected chi connectivity index (χ0v) is 61.7. The van der Waals surface area contributed by atoms with Gasteiger partial charge in [0, 0.05) is 65.4 Å². The minimum absolute atomic E-state index is 0.183. The number of amides is 6. The molecular weight excluding hydrogens is 1400 g/mol. The molecule has 12 rings (SSSR count). The van der Waals surface area contributed by atoms with Crippen molar-refractivity contribution in [2.45, 2.75) is 116 Å². The van der Waals surface area contributed by atoms with Crippen LogP contribution in [0.3, 0.4) is 0 Å². The van der Waals surface area contributed by atoms with E-state index in [0.717, 1.165) is 76.8 Å². The number of halogens is 1. The van der Waals surface area contributed by atoms with Crippen molar-refractivity contribution in [2.24, 2.45) is 0 Å². The number of nitrogens with two attached hydrogens (primary N) is 1. The maximum absolute atomic E-state index is 13.3. The van der Waals surface area contributed by atoms with E-state index in [1.165, 1.54) is 24.0 Å². The predicted octanol–water partition coefficient (Wildman–Crippen LogP) is 8.45. The second-order valence-corrected chi connectivity index (χ2v) is 28.5. The highest BCUT2D eigenvalue weighted by Gasteiger charge is 2.39. The molecule has 6 amide bonds. The first-order valence-electron chi connectivity index (χ1n) is 34.5. The van der Waals surface area contributed by atoms with Crippen LogP contribution in [-0.2, 0) is 32.2 Å². The first kappa shape index (κ1) is 76.1. The molecule has 4 fully saturated rings. The Morgan fingerprint density at radius 1 is 0.553 bits per heavy atom. The molecule has 4 atom stereocenters. The number of nitrogens with zero attached hydrogens (tertiary/aromatic N) is 8. The summed E-state index contributed by atoms with van der Waals surface area (Å²) in [6.07, 6.45) is 0.813. The summed E-state index contributed by atoms with van der Waals surface area (Å²) in [5, 5.41) is 14.6. The van der Waals surface area contributed by atoms with Gasteiger partial charge < -0.3 is 88.8 Å². The molecule has 0 saturated carbocycles. The quantitative estimate of drug-likeness (QED) is 0.0347. The van der Waals surface area contributed by atoms with Crippen molar-refractivity contribution in [2.75, 3.05) is 142 Å². The van der Waals surface area contributed by atoms with Gasteiger partial charge in [-0.1, -0.05) is 12.1 Å². The molecule has 10 heterocycles. The Morgan fingerprint density at radius 3 is 1.50 bits per heavy atom. The number of ether oxygens (including phenoxy) is 8. The van der Waals surface area contributed by atoms with Crippen LogP contribution in [0.25, 0.3) is 0 Å². The maximum atomic E-state index is 13.3. The first-order valence-corrected chi connectivity index (χ1v) is 35.3. The highest BCUT2D eigenvalue weighted by atomic mass is 79.9. The number of hydrogen-bond acceptors (Lipinski definition) is 24. The lowest BCUT2D eigenvalue weighted by Crippen LogP contribution is -2.45. The number of carbonyl (C=O) groups is 6. The highest BCUT2D eigenvalue weighted by Crippen LogP contribution is 2.41. The van der Waals surface area contributed by atoms with Gasteiger partial charge in [0.15, 0.2) is 46.7 Å². The average Bonchev–Trinajstić information content (AvgIpc) is 1.24. The number of aromatic nitrogens is 2. The molecule has 0 aliphatic carbocycles. The van der Waals surface area contributed by atoms with Crippen LogP contribution in [-0.4, -0.2) is 231 Å². The number of likely N-dealkylation sites (tertiary alicyclic amines) is 2. The van der Waals surface area contributed by atoms with E-state index < -0.39 is 41.6 Å². The summed E-state index contributed by atoms with van der Waals surface area (Å²) in [6.45, 7) is 22.2. The van der Waals surface area contributed by atoms with Gasteiger partial charge in [-0.25, -0.2) is 14.6 Å². The standard InChI is InChI=1S/C36H47N7O8.C20H26N4O4.C16H22BrN3O4/c1-36(2,3)51-35(46)43-15-7-9-27(43)32(44)39-26-12-14-30(40-34(26)47-5)38-25-8-6-10-28-31(25)50-24(22-48-28)20-37-33(45)29-13-11-23(49-29)21-42-18-16-41(4)17-19-42;1-23-7-9-24(10-8-23)12-14-5-6-18(27-14)20(25)22-11-15-13-26-17-4-2-3-16(21)19(17)28-15;1-16(2,3)24-15(22)20-9-5-6-11(20)13(21)18-10-7-8-12(17)19-14(10)23-4/h6,8,10-14,24,27H,7,9,15-22H2,1-5H3,(H,37,45)(H,38,40)(H,39,44);2-6,15H,7-13,21H2,1H3,(H,22,25);7-8,11H,5-6,9H2,1-4H3,(H,18,21)/t24?,27-;;11-/m1.1/s1. The van der Waals surface area contributed by atoms with Crippen molar-refractivity contribution in [3.63, 3.8) is 0 Å². The topological polar surface area (TPSA) is 334 Å². The number of likely N-dealkylation sites (N-methyl/N-ethyl adjacent to an activating group) is 2. The molecule has 2 aromatic carbocycles. The van der Waals surface area contributed by atoms with E-state index in [2.05, 4.69) is 86.2 Å². The average molecular weight is 1490 g/mol. The fraction of sp³-hybridized carbons (Fsp3) is 0.500. The number of methoxy groups -OCH3 is 2. The molecule has 0 spiro atoms. The number of benzene rings is 2. The summed E-state index contributed by atoms with van der Waals surface area (Å²) < 4.78 is 57.5. The van der Waals surface area contributed by atoms with Crippen molar-refractivity contribution in [3.05, 3.63) is 113 Å². The zero-order valence-electron chi connectivity index (χ0n) is 60.1. The van der Waals surface area contributed by atoms with Crippen LogP contribution in [0, 0.1) is 0 Å². The van der Waals surface area contributed by atoms with Crippen molar-refractivity contribution >= 4 is 80.3 Å². The van der Waals surface area contributed by atoms with Gasteiger partial charge in [-0.2, -0.15) is 4.98 Å². The fourth-order valence-corrected chi connectivity index (χ4v) is 12.2. The number of nitrogens with one attached hydrogen (secondary N) is 5. The minimum Gasteiger partial charge on any atom is -0.486 e. The number of rotatable bonds is 18. The van der Waals surface area contributed by atoms with Gasteiger partial charge in [-0.15, -0.1) is 0 Å². The van der Waals surface area contributed by atoms with Crippen LogP contribution >= 0.6 is 15.9 Å². The van der Waals surface area contributed by atoms with E-state index in [0.29, 0.717) is 120 Å². The molecule has 6 aromatic rings. The van der Waals surface area contributed by atoms with Gasteiger partial charge in [0.2, 0.25) is 23.6 Å². The molecule has 30 nitrogen and oxygen atoms in total. The third-order valence-electron chi connectivity index (χ3n) is 17.3. The number of carbonyl (C=O) groups excluding carboxylic acids is 6. The van der Waals surface area contributed by atoms with E-state index in [1.807, 2.05) is 36.4 Å². The summed E-state index contributed by atoms with van der Waals surface area (Å²) in [5.41, 5.74) is 6.59. The smallest absolute Gasteiger partial charge is 0.410 e. The normalized spacial score (nSPS) is 19.1. The number of piperazine rings is 2. The van der Waals surface area contributed by atoms with Gasteiger partial charge in [0.05, 0.1) is 51.8 Å². The van der Waals surface area contributed by atoms with Crippen LogP contribution in [0.15, 0.2) is 98.4 Å². The van der Waals surface area contributed by atoms with E-state index in [9.17, 15) is 28.8 Å². The Morgan fingerprint density at radius 2 is 1.01 bits per heavy atom. The van der Waals surface area contributed by atoms with Crippen LogP contribution < -0.4 is 60.7 Å². The van der Waals surface area contributed by atoms with E-state index >= 15 is 0 Å². The molecule has 0 bridgehead atoms. The monoisotopic (exact) mass is 1490 g/mol. The van der Waals surface area contributed by atoms with Crippen LogP contribution in [0.1, 0.15) is 99.9 Å². The lowest BCUT2D eigenvalue weighted by atomic mass is 10.2. The Bertz CT molecular complexity index is 3920. The number of anilines is 5. The Kier molecular flexibility index (Phi) is 25.6. The fourth-order valence-electron chi connectivity index (χ4n) is 12.0. The van der Waals surface area contributed by atoms with Crippen LogP contribution in [0.2, 0.25) is 0 Å². The molecule has 4 aromatic heterocycles. The first-order chi connectivity index (χ1) is 49.2. The molecule has 6 aliphatic heterocycles. The van der Waals surface area contributed by atoms with Crippen molar-refractivity contribution in [1.29, 1.82) is 0 Å². The molecule has 556 valence electrons. The Labute approximate surface area is 607 Å². The Hall–Kier alpha value is -9.56. The summed E-state index contributed by atoms with van der Waals surface area (Å²) in [5.74, 6) is 3.99. The van der Waals surface area contributed by atoms with Crippen molar-refractivity contribution in [1.82, 2.24) is 50.0 Å². The molecule has 2 unspecified atom stereocenters. The molecule has 7 N–H and O–H groups in total. The molecule has 6 aliphatic rings. The number of nitrogen functional groups attached to an aromatic ring is 1. The molecular formula is C72H95BrN14O16. The lowest BCUT2D eigenvalue weighted by Gasteiger charge is -2.31.